The molecule has 1 saturated heterocycles. The number of nitrogens with two attached hydrogens (primary N) is 1. The van der Waals surface area contributed by atoms with Crippen LogP contribution < -0.4 is 37.6 Å². The number of rotatable bonds is 15. The third-order valence-corrected chi connectivity index (χ3v) is 5.38. The normalized spacial score (nSPS) is 15.8. The zero-order valence-corrected chi connectivity index (χ0v) is 21.3. The second-order valence-corrected chi connectivity index (χ2v) is 8.37. The van der Waals surface area contributed by atoms with Gasteiger partial charge in [-0.15, -0.1) is 0 Å². The van der Waals surface area contributed by atoms with E-state index in [0.717, 1.165) is 0 Å². The Bertz CT molecular complexity index is 959. The Labute approximate surface area is 222 Å². The molecule has 1 rings (SSSR count). The summed E-state index contributed by atoms with van der Waals surface area (Å²) >= 11 is 0. The second-order valence-electron chi connectivity index (χ2n) is 8.37. The fourth-order valence-corrected chi connectivity index (χ4v) is 3.32. The van der Waals surface area contributed by atoms with E-state index in [2.05, 4.69) is 26.6 Å². The maximum atomic E-state index is 12.6. The van der Waals surface area contributed by atoms with Crippen LogP contribution in [-0.4, -0.2) is 126 Å². The molecular weight excluding hydrogens is 524 g/mol. The van der Waals surface area contributed by atoms with Gasteiger partial charge in [-0.25, -0.2) is 4.79 Å². The average Bonchev–Trinajstić information content (AvgIpc) is 3.40. The number of hydrogen-bond acceptors (Lipinski definition) is 10. The third kappa shape index (κ3) is 11.7. The molecule has 18 heteroatoms. The topological polar surface area (TPSA) is 278 Å². The number of likely N-dealkylation sites (tertiary alicyclic amines) is 1. The standard InChI is InChI=1S/C21H34N8O10/c1-11(19(36)25-8-17(34)28-12(10-30)21(38)39)27-16(33)7-26-20(37)13-3-2-4-29(13)18(35)9-24-15(32)6-23-14(31)5-22/h11-13,30H,2-10,22H2,1H3,(H,23,31)(H,24,32)(H,25,36)(H,26,37)(H,27,33)(H,28,34)(H,38,39)/t11-,12-,13-/m0/s1. The second kappa shape index (κ2) is 16.5. The van der Waals surface area contributed by atoms with Crippen molar-refractivity contribution in [2.45, 2.75) is 37.9 Å². The molecule has 39 heavy (non-hydrogen) atoms. The number of amides is 7. The quantitative estimate of drug-likeness (QED) is 0.0911. The zero-order valence-electron chi connectivity index (χ0n) is 21.3. The van der Waals surface area contributed by atoms with E-state index in [-0.39, 0.29) is 19.6 Å². The first-order valence-electron chi connectivity index (χ1n) is 11.9. The van der Waals surface area contributed by atoms with Crippen molar-refractivity contribution in [3.05, 3.63) is 0 Å². The number of carboxylic acids is 1. The number of aliphatic hydroxyl groups excluding tert-OH is 1. The van der Waals surface area contributed by atoms with Gasteiger partial charge in [0.05, 0.1) is 39.3 Å². The fraction of sp³-hybridized carbons (Fsp3) is 0.619. The molecule has 0 aromatic carbocycles. The molecule has 0 radical (unpaired) electrons. The summed E-state index contributed by atoms with van der Waals surface area (Å²) in [6.07, 6.45) is 0.854. The molecule has 7 amide bonds. The van der Waals surface area contributed by atoms with Gasteiger partial charge in [0.2, 0.25) is 41.4 Å². The molecule has 1 aliphatic heterocycles. The van der Waals surface area contributed by atoms with Crippen molar-refractivity contribution in [2.24, 2.45) is 5.73 Å². The number of hydrogen-bond donors (Lipinski definition) is 9. The lowest BCUT2D eigenvalue weighted by Gasteiger charge is -2.24. The van der Waals surface area contributed by atoms with Crippen molar-refractivity contribution in [1.82, 2.24) is 36.8 Å². The molecule has 0 saturated carbocycles. The van der Waals surface area contributed by atoms with Gasteiger partial charge >= 0.3 is 5.97 Å². The molecule has 18 nitrogen and oxygen atoms in total. The number of nitrogens with zero attached hydrogens (tertiary/aromatic N) is 1. The van der Waals surface area contributed by atoms with E-state index in [1.807, 2.05) is 5.32 Å². The van der Waals surface area contributed by atoms with E-state index in [0.29, 0.717) is 12.8 Å². The van der Waals surface area contributed by atoms with Gasteiger partial charge in [0.25, 0.3) is 0 Å². The molecule has 3 atom stereocenters. The summed E-state index contributed by atoms with van der Waals surface area (Å²) in [5, 5.41) is 31.1. The van der Waals surface area contributed by atoms with Crippen LogP contribution in [-0.2, 0) is 38.4 Å². The molecule has 1 fully saturated rings. The molecule has 0 aliphatic carbocycles. The van der Waals surface area contributed by atoms with E-state index in [1.165, 1.54) is 11.8 Å². The molecule has 1 aliphatic rings. The molecule has 0 aromatic heterocycles. The van der Waals surface area contributed by atoms with E-state index in [9.17, 15) is 38.4 Å². The van der Waals surface area contributed by atoms with Crippen molar-refractivity contribution in [1.29, 1.82) is 0 Å². The molecule has 0 unspecified atom stereocenters. The van der Waals surface area contributed by atoms with Crippen LogP contribution in [0.25, 0.3) is 0 Å². The Balaban J connectivity index is 2.42. The van der Waals surface area contributed by atoms with Crippen LogP contribution in [0.15, 0.2) is 0 Å². The van der Waals surface area contributed by atoms with Crippen LogP contribution >= 0.6 is 0 Å². The van der Waals surface area contributed by atoms with Gasteiger partial charge in [0, 0.05) is 6.54 Å². The summed E-state index contributed by atoms with van der Waals surface area (Å²) in [4.78, 5) is 95.8. The Morgan fingerprint density at radius 2 is 1.44 bits per heavy atom. The van der Waals surface area contributed by atoms with E-state index < -0.39 is 91.7 Å². The van der Waals surface area contributed by atoms with Crippen LogP contribution in [0.3, 0.4) is 0 Å². The maximum Gasteiger partial charge on any atom is 0.328 e. The highest BCUT2D eigenvalue weighted by Crippen LogP contribution is 2.17. The molecule has 1 heterocycles. The Hall–Kier alpha value is -4.32. The number of aliphatic carboxylic acids is 1. The molecule has 10 N–H and O–H groups in total. The minimum Gasteiger partial charge on any atom is -0.480 e. The lowest BCUT2D eigenvalue weighted by Crippen LogP contribution is -2.53. The minimum atomic E-state index is -1.53. The van der Waals surface area contributed by atoms with Gasteiger partial charge in [-0.1, -0.05) is 0 Å². The van der Waals surface area contributed by atoms with Gasteiger partial charge in [-0.2, -0.15) is 0 Å². The van der Waals surface area contributed by atoms with Crippen molar-refractivity contribution < 1.29 is 48.6 Å². The Morgan fingerprint density at radius 3 is 2.05 bits per heavy atom. The van der Waals surface area contributed by atoms with Crippen LogP contribution in [0.1, 0.15) is 19.8 Å². The summed E-state index contributed by atoms with van der Waals surface area (Å²) in [6, 6.07) is -3.51. The molecule has 0 aromatic rings. The number of carbonyl (C=O) groups excluding carboxylic acids is 7. The Morgan fingerprint density at radius 1 is 0.846 bits per heavy atom. The van der Waals surface area contributed by atoms with Gasteiger partial charge in [-0.3, -0.25) is 33.6 Å². The summed E-state index contributed by atoms with van der Waals surface area (Å²) in [6.45, 7) is -1.43. The minimum absolute atomic E-state index is 0.263. The van der Waals surface area contributed by atoms with Gasteiger partial charge < -0.3 is 52.7 Å². The summed E-state index contributed by atoms with van der Waals surface area (Å²) < 4.78 is 0. The highest BCUT2D eigenvalue weighted by atomic mass is 16.4. The van der Waals surface area contributed by atoms with E-state index in [1.54, 1.807) is 0 Å². The van der Waals surface area contributed by atoms with Crippen molar-refractivity contribution in [3.8, 4) is 0 Å². The summed E-state index contributed by atoms with van der Waals surface area (Å²) in [5.74, 6) is -6.12. The average molecular weight is 559 g/mol. The number of carboxylic acid groups (broad SMARTS) is 1. The Kier molecular flexibility index (Phi) is 13.8. The molecule has 0 spiro atoms. The van der Waals surface area contributed by atoms with Gasteiger partial charge in [0.1, 0.15) is 18.1 Å². The van der Waals surface area contributed by atoms with Gasteiger partial charge in [0.15, 0.2) is 0 Å². The number of nitrogens with one attached hydrogen (secondary N) is 6. The summed E-state index contributed by atoms with van der Waals surface area (Å²) in [5.41, 5.74) is 5.11. The lowest BCUT2D eigenvalue weighted by atomic mass is 10.2. The van der Waals surface area contributed by atoms with E-state index >= 15 is 0 Å². The largest absolute Gasteiger partial charge is 0.480 e. The SMILES string of the molecule is C[C@H](NC(=O)CNC(=O)[C@@H]1CCCN1C(=O)CNC(=O)CNC(=O)CN)C(=O)NCC(=O)N[C@@H](CO)C(=O)O. The highest BCUT2D eigenvalue weighted by molar-refractivity contribution is 5.95. The molecular formula is C21H34N8O10. The predicted molar refractivity (Wildman–Crippen MR) is 130 cm³/mol. The van der Waals surface area contributed by atoms with E-state index in [4.69, 9.17) is 15.9 Å². The zero-order chi connectivity index (χ0) is 29.5. The molecule has 218 valence electrons. The van der Waals surface area contributed by atoms with Crippen molar-refractivity contribution >= 4 is 47.3 Å². The van der Waals surface area contributed by atoms with Crippen LogP contribution in [0.4, 0.5) is 0 Å². The van der Waals surface area contributed by atoms with Crippen molar-refractivity contribution in [3.63, 3.8) is 0 Å². The monoisotopic (exact) mass is 558 g/mol. The van der Waals surface area contributed by atoms with Gasteiger partial charge in [-0.05, 0) is 19.8 Å². The smallest absolute Gasteiger partial charge is 0.328 e. The highest BCUT2D eigenvalue weighted by Gasteiger charge is 2.34. The maximum absolute atomic E-state index is 12.6. The first-order valence-corrected chi connectivity index (χ1v) is 11.9. The third-order valence-electron chi connectivity index (χ3n) is 5.38. The summed E-state index contributed by atoms with van der Waals surface area (Å²) in [7, 11) is 0. The van der Waals surface area contributed by atoms with Crippen LogP contribution in [0.2, 0.25) is 0 Å². The fourth-order valence-electron chi connectivity index (χ4n) is 3.32. The lowest BCUT2D eigenvalue weighted by molar-refractivity contribution is -0.142. The first-order chi connectivity index (χ1) is 18.4. The van der Waals surface area contributed by atoms with Crippen molar-refractivity contribution in [2.75, 3.05) is 45.9 Å². The number of carbonyl (C=O) groups is 8. The van der Waals surface area contributed by atoms with Crippen LogP contribution in [0, 0.1) is 0 Å². The molecule has 0 bridgehead atoms. The predicted octanol–water partition coefficient (Wildman–Crippen LogP) is -6.53. The number of aliphatic hydroxyl groups is 1. The van der Waals surface area contributed by atoms with Crippen LogP contribution in [0.5, 0.6) is 0 Å². The first kappa shape index (κ1) is 32.7.